The zero-order chi connectivity index (χ0) is 26.6. The number of pyridine rings is 1. The summed E-state index contributed by atoms with van der Waals surface area (Å²) in [6.45, 7) is 3.82. The zero-order valence-electron chi connectivity index (χ0n) is 21.6. The number of hydrogen-bond acceptors (Lipinski definition) is 5. The number of benzene rings is 3. The molecule has 1 aliphatic heterocycles. The normalized spacial score (nSPS) is 24.8. The van der Waals surface area contributed by atoms with Gasteiger partial charge in [-0.15, -0.1) is 0 Å². The fourth-order valence-corrected chi connectivity index (χ4v) is 6.70. The van der Waals surface area contributed by atoms with Gasteiger partial charge in [-0.25, -0.2) is 8.78 Å². The molecule has 2 aliphatic carbocycles. The molecule has 2 fully saturated rings. The second-order valence-electron chi connectivity index (χ2n) is 10.9. The Bertz CT molecular complexity index is 1440. The lowest BCUT2D eigenvalue weighted by Gasteiger charge is -2.41. The molecule has 200 valence electrons. The van der Waals surface area contributed by atoms with Gasteiger partial charge in [0, 0.05) is 44.3 Å². The molecule has 2 heterocycles. The van der Waals surface area contributed by atoms with Crippen LogP contribution in [0.1, 0.15) is 45.7 Å². The first-order chi connectivity index (χ1) is 19.0. The topological polar surface area (TPSA) is 48.8 Å². The molecule has 1 aromatic heterocycles. The summed E-state index contributed by atoms with van der Waals surface area (Å²) in [6.07, 6.45) is 0.864. The fraction of sp³-hybridized carbons (Fsp3) is 0.344. The number of aliphatic hydroxyl groups excluding tert-OH is 1. The molecule has 7 rings (SSSR count). The molecule has 1 N–H and O–H groups in total. The van der Waals surface area contributed by atoms with Crippen molar-refractivity contribution in [3.05, 3.63) is 113 Å². The number of hydrogen-bond donors (Lipinski definition) is 1. The van der Waals surface area contributed by atoms with E-state index in [1.807, 2.05) is 78.9 Å². The third kappa shape index (κ3) is 4.34. The largest absolute Gasteiger partial charge is 0.367 e. The van der Waals surface area contributed by atoms with Gasteiger partial charge in [-0.2, -0.15) is 0 Å². The van der Waals surface area contributed by atoms with Crippen LogP contribution in [0.4, 0.5) is 8.78 Å². The molecular weight excluding hydrogens is 496 g/mol. The number of ether oxygens (including phenoxy) is 1. The standard InChI is InChI=1S/C32H31F2N3O2/c33-32(34)29-23-8-1-3-10-25(23)31(26-11-4-2-9-24(26)30(29)32)37-17-15-36(16-18-37)19-28(38)39-20-21-7-5-13-27-22(21)12-6-14-35-27/h1-14,28-31,38H,15-20H2/t28-,29-,30+,31?/m0/s1. The van der Waals surface area contributed by atoms with Crippen molar-refractivity contribution in [1.29, 1.82) is 0 Å². The molecule has 1 saturated carbocycles. The Morgan fingerprint density at radius 2 is 1.46 bits per heavy atom. The first-order valence-corrected chi connectivity index (χ1v) is 13.7. The molecule has 1 saturated heterocycles. The summed E-state index contributed by atoms with van der Waals surface area (Å²) in [7, 11) is 0. The van der Waals surface area contributed by atoms with Crippen molar-refractivity contribution in [1.82, 2.24) is 14.8 Å². The minimum atomic E-state index is -2.70. The average molecular weight is 528 g/mol. The molecule has 39 heavy (non-hydrogen) atoms. The summed E-state index contributed by atoms with van der Waals surface area (Å²) >= 11 is 0. The minimum absolute atomic E-state index is 0.0516. The van der Waals surface area contributed by atoms with Crippen LogP contribution in [0.15, 0.2) is 85.1 Å². The van der Waals surface area contributed by atoms with Gasteiger partial charge in [-0.05, 0) is 39.9 Å². The molecule has 0 radical (unpaired) electrons. The van der Waals surface area contributed by atoms with E-state index in [1.165, 1.54) is 0 Å². The molecule has 3 aromatic carbocycles. The molecule has 3 aliphatic rings. The Morgan fingerprint density at radius 1 is 0.821 bits per heavy atom. The summed E-state index contributed by atoms with van der Waals surface area (Å²) in [4.78, 5) is 9.01. The number of rotatable bonds is 6. The van der Waals surface area contributed by atoms with E-state index < -0.39 is 24.0 Å². The fourth-order valence-electron chi connectivity index (χ4n) is 6.70. The maximum absolute atomic E-state index is 15.0. The van der Waals surface area contributed by atoms with Crippen LogP contribution in [0.25, 0.3) is 10.9 Å². The second kappa shape index (κ2) is 9.75. The number of alkyl halides is 2. The van der Waals surface area contributed by atoms with E-state index in [0.717, 1.165) is 64.9 Å². The summed E-state index contributed by atoms with van der Waals surface area (Å²) < 4.78 is 35.8. The van der Waals surface area contributed by atoms with E-state index in [-0.39, 0.29) is 6.04 Å². The second-order valence-corrected chi connectivity index (χ2v) is 10.9. The number of fused-ring (bicyclic) bond motifs is 6. The summed E-state index contributed by atoms with van der Waals surface area (Å²) in [5.74, 6) is -4.19. The summed E-state index contributed by atoms with van der Waals surface area (Å²) in [5.41, 5.74) is 5.46. The highest BCUT2D eigenvalue weighted by Gasteiger charge is 2.71. The number of aliphatic hydroxyl groups is 1. The molecule has 0 spiro atoms. The third-order valence-electron chi connectivity index (χ3n) is 8.66. The highest BCUT2D eigenvalue weighted by Crippen LogP contribution is 2.70. The van der Waals surface area contributed by atoms with E-state index in [2.05, 4.69) is 14.8 Å². The molecule has 0 bridgehead atoms. The van der Waals surface area contributed by atoms with Crippen molar-refractivity contribution < 1.29 is 18.6 Å². The van der Waals surface area contributed by atoms with Gasteiger partial charge in [0.1, 0.15) is 0 Å². The van der Waals surface area contributed by atoms with Crippen molar-refractivity contribution in [3.63, 3.8) is 0 Å². The number of nitrogens with zero attached hydrogens (tertiary/aromatic N) is 3. The van der Waals surface area contributed by atoms with Crippen LogP contribution >= 0.6 is 0 Å². The number of aromatic nitrogens is 1. The van der Waals surface area contributed by atoms with Gasteiger partial charge in [-0.3, -0.25) is 14.8 Å². The van der Waals surface area contributed by atoms with Crippen LogP contribution < -0.4 is 0 Å². The number of β-amino-alcohol motifs (C(OH)–C–C–N with tert-alkyl or cyclic N) is 1. The van der Waals surface area contributed by atoms with Crippen LogP contribution in [0.2, 0.25) is 0 Å². The maximum Gasteiger partial charge on any atom is 0.263 e. The number of halogens is 2. The Hall–Kier alpha value is -3.23. The molecule has 1 unspecified atom stereocenters. The van der Waals surface area contributed by atoms with Crippen molar-refractivity contribution >= 4 is 10.9 Å². The lowest BCUT2D eigenvalue weighted by Crippen LogP contribution is -2.50. The van der Waals surface area contributed by atoms with Gasteiger partial charge in [0.25, 0.3) is 5.92 Å². The van der Waals surface area contributed by atoms with Crippen molar-refractivity contribution in [2.24, 2.45) is 0 Å². The van der Waals surface area contributed by atoms with Gasteiger partial charge >= 0.3 is 0 Å². The SMILES string of the molecule is O[C@H](CN1CCN(C2c3ccccc3[C@@H]3[C@H](c4ccccc42)C3(F)F)CC1)OCc1cccc2ncccc12. The molecule has 0 amide bonds. The van der Waals surface area contributed by atoms with Crippen LogP contribution in [-0.2, 0) is 11.3 Å². The van der Waals surface area contributed by atoms with E-state index in [9.17, 15) is 13.9 Å². The highest BCUT2D eigenvalue weighted by atomic mass is 19.3. The molecule has 5 nitrogen and oxygen atoms in total. The van der Waals surface area contributed by atoms with E-state index >= 15 is 0 Å². The van der Waals surface area contributed by atoms with Gasteiger partial charge in [-0.1, -0.05) is 66.7 Å². The van der Waals surface area contributed by atoms with Crippen molar-refractivity contribution in [2.45, 2.75) is 36.7 Å². The molecule has 4 aromatic rings. The van der Waals surface area contributed by atoms with Gasteiger partial charge in [0.15, 0.2) is 6.29 Å². The highest BCUT2D eigenvalue weighted by molar-refractivity contribution is 5.81. The molecule has 7 heteroatoms. The van der Waals surface area contributed by atoms with Crippen molar-refractivity contribution in [3.8, 4) is 0 Å². The lowest BCUT2D eigenvalue weighted by molar-refractivity contribution is -0.124. The predicted octanol–water partition coefficient (Wildman–Crippen LogP) is 5.31. The Balaban J connectivity index is 1.04. The lowest BCUT2D eigenvalue weighted by atomic mass is 9.90. The first kappa shape index (κ1) is 24.8. The van der Waals surface area contributed by atoms with Crippen molar-refractivity contribution in [2.75, 3.05) is 32.7 Å². The monoisotopic (exact) mass is 527 g/mol. The molecule has 4 atom stereocenters. The third-order valence-corrected chi connectivity index (χ3v) is 8.66. The van der Waals surface area contributed by atoms with Gasteiger partial charge < -0.3 is 9.84 Å². The zero-order valence-corrected chi connectivity index (χ0v) is 21.6. The van der Waals surface area contributed by atoms with Crippen LogP contribution in [0, 0.1) is 0 Å². The quantitative estimate of drug-likeness (QED) is 0.345. The van der Waals surface area contributed by atoms with Gasteiger partial charge in [0.05, 0.1) is 30.0 Å². The van der Waals surface area contributed by atoms with Crippen LogP contribution in [0.5, 0.6) is 0 Å². The first-order valence-electron chi connectivity index (χ1n) is 13.7. The Labute approximate surface area is 226 Å². The van der Waals surface area contributed by atoms with Gasteiger partial charge in [0.2, 0.25) is 0 Å². The Kier molecular flexibility index (Phi) is 6.20. The smallest absolute Gasteiger partial charge is 0.263 e. The van der Waals surface area contributed by atoms with Crippen LogP contribution in [-0.4, -0.2) is 64.8 Å². The molecular formula is C32H31F2N3O2. The average Bonchev–Trinajstić information content (AvgIpc) is 3.58. The van der Waals surface area contributed by atoms with E-state index in [0.29, 0.717) is 13.2 Å². The van der Waals surface area contributed by atoms with Crippen LogP contribution in [0.3, 0.4) is 0 Å². The van der Waals surface area contributed by atoms with E-state index in [4.69, 9.17) is 4.74 Å². The number of piperazine rings is 1. The minimum Gasteiger partial charge on any atom is -0.367 e. The maximum atomic E-state index is 15.0. The summed E-state index contributed by atoms with van der Waals surface area (Å²) in [5, 5.41) is 11.7. The Morgan fingerprint density at radius 3 is 2.13 bits per heavy atom. The predicted molar refractivity (Wildman–Crippen MR) is 146 cm³/mol. The van der Waals surface area contributed by atoms with E-state index in [1.54, 1.807) is 6.20 Å². The summed E-state index contributed by atoms with van der Waals surface area (Å²) in [6, 6.07) is 25.3.